The van der Waals surface area contributed by atoms with Crippen molar-refractivity contribution in [3.05, 3.63) is 54.1 Å². The third kappa shape index (κ3) is 6.01. The van der Waals surface area contributed by atoms with Crippen molar-refractivity contribution in [2.45, 2.75) is 31.3 Å². The van der Waals surface area contributed by atoms with E-state index in [4.69, 9.17) is 39.6 Å². The molecule has 0 saturated heterocycles. The van der Waals surface area contributed by atoms with E-state index in [0.29, 0.717) is 5.56 Å². The minimum absolute atomic E-state index is 0.0263. The zero-order valence-electron chi connectivity index (χ0n) is 17.8. The molecular formula is C20H14Cl3F6N3O3S. The topological polar surface area (TPSA) is 79.8 Å². The molecule has 6 nitrogen and oxygen atoms in total. The number of nitrogens with zero attached hydrogens (tertiary/aromatic N) is 1. The lowest BCUT2D eigenvalue weighted by Gasteiger charge is -2.29. The van der Waals surface area contributed by atoms with Crippen LogP contribution in [0.15, 0.2) is 23.4 Å². The van der Waals surface area contributed by atoms with Gasteiger partial charge in [-0.25, -0.2) is 0 Å². The highest BCUT2D eigenvalue weighted by Gasteiger charge is 2.62. The Morgan fingerprint density at radius 3 is 2.25 bits per heavy atom. The molecule has 1 aliphatic heterocycles. The Labute approximate surface area is 218 Å². The second-order valence-corrected chi connectivity index (χ2v) is 9.83. The summed E-state index contributed by atoms with van der Waals surface area (Å²) in [5.41, 5.74) is -3.13. The lowest BCUT2D eigenvalue weighted by Crippen LogP contribution is -2.42. The monoisotopic (exact) mass is 595 g/mol. The number of carbonyl (C=O) groups excluding carboxylic acids is 2. The summed E-state index contributed by atoms with van der Waals surface area (Å²) >= 11 is 18.4. The normalized spacial score (nSPS) is 18.0. The second kappa shape index (κ2) is 10.3. The van der Waals surface area contributed by atoms with E-state index < -0.39 is 54.8 Å². The number of rotatable bonds is 6. The smallest absolute Gasteiger partial charge is 0.374 e. The van der Waals surface area contributed by atoms with Crippen LogP contribution in [-0.2, 0) is 15.2 Å². The molecule has 2 heterocycles. The van der Waals surface area contributed by atoms with Gasteiger partial charge in [-0.2, -0.15) is 26.3 Å². The molecule has 0 bridgehead atoms. The van der Waals surface area contributed by atoms with Crippen molar-refractivity contribution in [3.8, 4) is 0 Å². The molecule has 2 amide bonds. The molecule has 2 N–H and O–H groups in total. The minimum Gasteiger partial charge on any atom is -0.374 e. The molecule has 3 rings (SSSR count). The number of alkyl halides is 6. The van der Waals surface area contributed by atoms with Crippen LogP contribution in [0.25, 0.3) is 0 Å². The van der Waals surface area contributed by atoms with Crippen LogP contribution < -0.4 is 10.6 Å². The van der Waals surface area contributed by atoms with Gasteiger partial charge >= 0.3 is 12.4 Å². The van der Waals surface area contributed by atoms with Crippen LogP contribution in [0.4, 0.5) is 26.3 Å². The highest BCUT2D eigenvalue weighted by Crippen LogP contribution is 2.51. The average molecular weight is 597 g/mol. The molecule has 196 valence electrons. The number of hydrogen-bond acceptors (Lipinski definition) is 5. The summed E-state index contributed by atoms with van der Waals surface area (Å²) in [5.74, 6) is -1.87. The van der Waals surface area contributed by atoms with Gasteiger partial charge in [0.1, 0.15) is 12.3 Å². The molecule has 0 fully saturated rings. The third-order valence-electron chi connectivity index (χ3n) is 4.94. The van der Waals surface area contributed by atoms with E-state index >= 15 is 0 Å². The number of halogens is 9. The third-order valence-corrected chi connectivity index (χ3v) is 7.42. The van der Waals surface area contributed by atoms with Crippen LogP contribution in [0.2, 0.25) is 15.1 Å². The number of oxime groups is 1. The average Bonchev–Trinajstić information content (AvgIpc) is 3.38. The number of nitrogens with one attached hydrogen (secondary N) is 2. The van der Waals surface area contributed by atoms with E-state index in [0.717, 1.165) is 23.5 Å². The van der Waals surface area contributed by atoms with Gasteiger partial charge in [-0.15, -0.1) is 11.3 Å². The van der Waals surface area contributed by atoms with Crippen molar-refractivity contribution in [3.63, 3.8) is 0 Å². The lowest BCUT2D eigenvalue weighted by atomic mass is 9.88. The Balaban J connectivity index is 1.78. The molecule has 0 radical (unpaired) electrons. The zero-order chi connectivity index (χ0) is 27.1. The minimum atomic E-state index is -4.95. The molecule has 0 saturated carbocycles. The second-order valence-electron chi connectivity index (χ2n) is 7.58. The zero-order valence-corrected chi connectivity index (χ0v) is 20.9. The largest absolute Gasteiger partial charge is 0.435 e. The molecule has 1 atom stereocenters. The van der Waals surface area contributed by atoms with E-state index in [9.17, 15) is 35.9 Å². The maximum absolute atomic E-state index is 14.2. The van der Waals surface area contributed by atoms with Gasteiger partial charge in [0, 0.05) is 5.56 Å². The number of thiophene rings is 1. The van der Waals surface area contributed by atoms with Crippen LogP contribution in [0.3, 0.4) is 0 Å². The first-order chi connectivity index (χ1) is 16.5. The molecule has 36 heavy (non-hydrogen) atoms. The van der Waals surface area contributed by atoms with E-state index in [1.54, 1.807) is 5.32 Å². The fourth-order valence-electron chi connectivity index (χ4n) is 3.18. The lowest BCUT2D eigenvalue weighted by molar-refractivity contribution is -0.275. The fraction of sp³-hybridized carbons (Fsp3) is 0.350. The van der Waals surface area contributed by atoms with Crippen molar-refractivity contribution in [1.82, 2.24) is 10.6 Å². The Hall–Kier alpha value is -2.22. The predicted octanol–water partition coefficient (Wildman–Crippen LogP) is 6.01. The number of benzene rings is 1. The molecule has 1 aliphatic rings. The molecule has 2 aromatic rings. The molecular weight excluding hydrogens is 583 g/mol. The molecule has 1 aromatic carbocycles. The molecule has 0 unspecified atom stereocenters. The predicted molar refractivity (Wildman–Crippen MR) is 122 cm³/mol. The van der Waals surface area contributed by atoms with Crippen LogP contribution >= 0.6 is 46.1 Å². The van der Waals surface area contributed by atoms with Crippen molar-refractivity contribution in [2.24, 2.45) is 5.16 Å². The van der Waals surface area contributed by atoms with Crippen LogP contribution in [-0.4, -0.2) is 43.0 Å². The van der Waals surface area contributed by atoms with Gasteiger partial charge in [-0.05, 0) is 30.7 Å². The van der Waals surface area contributed by atoms with Gasteiger partial charge in [0.2, 0.25) is 5.91 Å². The van der Waals surface area contributed by atoms with E-state index in [-0.39, 0.29) is 30.5 Å². The summed E-state index contributed by atoms with van der Waals surface area (Å²) in [6.07, 6.45) is -10.3. The number of hydrogen-bond donors (Lipinski definition) is 2. The molecule has 1 aromatic heterocycles. The molecule has 0 spiro atoms. The van der Waals surface area contributed by atoms with Crippen LogP contribution in [0, 0.1) is 6.92 Å². The highest BCUT2D eigenvalue weighted by molar-refractivity contribution is 7.16. The number of carbonyl (C=O) groups is 2. The van der Waals surface area contributed by atoms with Gasteiger partial charge in [-0.1, -0.05) is 40.0 Å². The number of amides is 2. The van der Waals surface area contributed by atoms with Gasteiger partial charge in [-0.3, -0.25) is 9.59 Å². The standard InChI is InChI=1S/C20H14Cl3F6N3O3S/c1-8-2-13(36-16(8)17(34)30-6-14(33)31-7-19(24,25)26)12-5-18(35-32-12,20(27,28)29)9-3-10(21)15(23)11(22)4-9/h2-4H,5-7H2,1H3,(H,30,34)(H,31,33)/t18-/m1/s1. The SMILES string of the molecule is Cc1cc(C2=NO[C@](c3cc(Cl)c(Cl)c(Cl)c3)(C(F)(F)F)C2)sc1C(=O)NCC(=O)NCC(F)(F)F. The van der Waals surface area contributed by atoms with Crippen LogP contribution in [0.5, 0.6) is 0 Å². The highest BCUT2D eigenvalue weighted by atomic mass is 35.5. The summed E-state index contributed by atoms with van der Waals surface area (Å²) in [4.78, 5) is 29.0. The molecule has 0 aliphatic carbocycles. The maximum atomic E-state index is 14.2. The Kier molecular flexibility index (Phi) is 8.09. The first kappa shape index (κ1) is 28.4. The van der Waals surface area contributed by atoms with Crippen molar-refractivity contribution >= 4 is 63.7 Å². The fourth-order valence-corrected chi connectivity index (χ4v) is 4.84. The Morgan fingerprint density at radius 1 is 1.08 bits per heavy atom. The summed E-state index contributed by atoms with van der Waals surface area (Å²) in [6, 6.07) is 3.36. The summed E-state index contributed by atoms with van der Waals surface area (Å²) in [6.45, 7) is -0.805. The van der Waals surface area contributed by atoms with Gasteiger partial charge in [0.25, 0.3) is 11.5 Å². The number of aryl methyl sites for hydroxylation is 1. The first-order valence-electron chi connectivity index (χ1n) is 9.73. The van der Waals surface area contributed by atoms with Crippen LogP contribution in [0.1, 0.15) is 32.1 Å². The van der Waals surface area contributed by atoms with Gasteiger partial charge < -0.3 is 15.5 Å². The Morgan fingerprint density at radius 2 is 1.69 bits per heavy atom. The van der Waals surface area contributed by atoms with Crippen molar-refractivity contribution in [1.29, 1.82) is 0 Å². The van der Waals surface area contributed by atoms with E-state index in [1.165, 1.54) is 13.0 Å². The molecule has 16 heteroatoms. The summed E-state index contributed by atoms with van der Waals surface area (Å²) < 4.78 is 79.1. The van der Waals surface area contributed by atoms with Gasteiger partial charge in [0.15, 0.2) is 0 Å². The summed E-state index contributed by atoms with van der Waals surface area (Å²) in [7, 11) is 0. The Bertz CT molecular complexity index is 1210. The maximum Gasteiger partial charge on any atom is 0.435 e. The van der Waals surface area contributed by atoms with Gasteiger partial charge in [0.05, 0.1) is 37.8 Å². The quantitative estimate of drug-likeness (QED) is 0.317. The van der Waals surface area contributed by atoms with Crippen molar-refractivity contribution in [2.75, 3.05) is 13.1 Å². The summed E-state index contributed by atoms with van der Waals surface area (Å²) in [5, 5.41) is 6.80. The van der Waals surface area contributed by atoms with E-state index in [2.05, 4.69) is 10.5 Å². The first-order valence-corrected chi connectivity index (χ1v) is 11.7. The van der Waals surface area contributed by atoms with E-state index in [1.807, 2.05) is 0 Å². The van der Waals surface area contributed by atoms with Crippen molar-refractivity contribution < 1.29 is 40.8 Å².